The Kier molecular flexibility index (Phi) is 4.19. The predicted molar refractivity (Wildman–Crippen MR) is 103 cm³/mol. The third-order valence-corrected chi connectivity index (χ3v) is 7.89. The number of benzene rings is 1. The first-order valence-electron chi connectivity index (χ1n) is 9.90. The van der Waals surface area contributed by atoms with Gasteiger partial charge in [-0.2, -0.15) is 4.99 Å². The van der Waals surface area contributed by atoms with E-state index in [0.29, 0.717) is 32.8 Å². The average molecular weight is 402 g/mol. The van der Waals surface area contributed by atoms with Crippen molar-refractivity contribution in [2.75, 3.05) is 7.11 Å². The van der Waals surface area contributed by atoms with Crippen molar-refractivity contribution in [3.8, 4) is 0 Å². The number of fused-ring (bicyclic) bond motifs is 1. The lowest BCUT2D eigenvalue weighted by molar-refractivity contribution is -0.143. The Morgan fingerprint density at radius 2 is 1.86 bits per heavy atom. The first-order valence-corrected chi connectivity index (χ1v) is 10.7. The predicted octanol–water partition coefficient (Wildman–Crippen LogP) is 3.66. The molecule has 0 atom stereocenters. The van der Waals surface area contributed by atoms with Crippen molar-refractivity contribution in [2.45, 2.75) is 45.1 Å². The van der Waals surface area contributed by atoms with Crippen LogP contribution < -0.4 is 4.80 Å². The van der Waals surface area contributed by atoms with Gasteiger partial charge >= 0.3 is 5.97 Å². The number of hydrogen-bond donors (Lipinski definition) is 0. The first-order chi connectivity index (χ1) is 13.5. The molecule has 28 heavy (non-hydrogen) atoms. The molecule has 1 aromatic carbocycles. The van der Waals surface area contributed by atoms with Gasteiger partial charge in [-0.25, -0.2) is 4.39 Å². The van der Waals surface area contributed by atoms with E-state index in [1.807, 2.05) is 0 Å². The van der Waals surface area contributed by atoms with Crippen LogP contribution in [0.3, 0.4) is 0 Å². The zero-order chi connectivity index (χ0) is 19.5. The van der Waals surface area contributed by atoms with Crippen LogP contribution in [0, 0.1) is 29.0 Å². The topological polar surface area (TPSA) is 60.7 Å². The molecule has 148 valence electrons. The van der Waals surface area contributed by atoms with Crippen LogP contribution in [0.5, 0.6) is 0 Å². The molecule has 5 nitrogen and oxygen atoms in total. The van der Waals surface area contributed by atoms with E-state index in [4.69, 9.17) is 4.74 Å². The smallest absolute Gasteiger partial charge is 0.325 e. The fourth-order valence-electron chi connectivity index (χ4n) is 6.06. The van der Waals surface area contributed by atoms with Gasteiger partial charge in [0, 0.05) is 0 Å². The third-order valence-electron chi connectivity index (χ3n) is 6.85. The maximum Gasteiger partial charge on any atom is 0.325 e. The highest BCUT2D eigenvalue weighted by Crippen LogP contribution is 2.60. The maximum absolute atomic E-state index is 13.7. The van der Waals surface area contributed by atoms with Crippen molar-refractivity contribution in [1.29, 1.82) is 0 Å². The summed E-state index contributed by atoms with van der Waals surface area (Å²) in [6.45, 7) is -0.0465. The number of amides is 1. The molecule has 0 saturated heterocycles. The Morgan fingerprint density at radius 1 is 1.21 bits per heavy atom. The molecule has 1 amide bonds. The van der Waals surface area contributed by atoms with Gasteiger partial charge in [-0.05, 0) is 74.5 Å². The fourth-order valence-corrected chi connectivity index (χ4v) is 7.11. The summed E-state index contributed by atoms with van der Waals surface area (Å²) < 4.78 is 20.8. The Hall–Kier alpha value is -2.02. The van der Waals surface area contributed by atoms with Crippen LogP contribution in [0.2, 0.25) is 0 Å². The molecule has 2 aromatic rings. The molecular weight excluding hydrogens is 379 g/mol. The number of esters is 1. The van der Waals surface area contributed by atoms with Crippen LogP contribution >= 0.6 is 11.3 Å². The molecule has 0 spiro atoms. The van der Waals surface area contributed by atoms with Crippen molar-refractivity contribution >= 4 is 33.4 Å². The molecule has 0 aliphatic heterocycles. The SMILES string of the molecule is COC(=O)Cn1c(=NC(=O)C23CC4CC(CC(C4)C2)C3)sc2cc(F)ccc21. The van der Waals surface area contributed by atoms with E-state index in [-0.39, 0.29) is 23.7 Å². The lowest BCUT2D eigenvalue weighted by Crippen LogP contribution is -2.50. The van der Waals surface area contributed by atoms with E-state index in [9.17, 15) is 14.0 Å². The normalized spacial score (nSPS) is 31.5. The Morgan fingerprint density at radius 3 is 2.46 bits per heavy atom. The number of hydrogen-bond acceptors (Lipinski definition) is 4. The van der Waals surface area contributed by atoms with Gasteiger partial charge in [0.05, 0.1) is 22.7 Å². The van der Waals surface area contributed by atoms with E-state index in [0.717, 1.165) is 19.3 Å². The van der Waals surface area contributed by atoms with Gasteiger partial charge in [0.1, 0.15) is 12.4 Å². The summed E-state index contributed by atoms with van der Waals surface area (Å²) >= 11 is 1.25. The molecule has 6 rings (SSSR count). The summed E-state index contributed by atoms with van der Waals surface area (Å²) in [6, 6.07) is 4.40. The lowest BCUT2D eigenvalue weighted by Gasteiger charge is -2.55. The zero-order valence-corrected chi connectivity index (χ0v) is 16.6. The van der Waals surface area contributed by atoms with Gasteiger partial charge in [0.25, 0.3) is 5.91 Å². The Labute approximate surface area is 166 Å². The van der Waals surface area contributed by atoms with E-state index >= 15 is 0 Å². The van der Waals surface area contributed by atoms with Crippen LogP contribution in [-0.4, -0.2) is 23.6 Å². The number of rotatable bonds is 3. The molecule has 4 bridgehead atoms. The highest BCUT2D eigenvalue weighted by molar-refractivity contribution is 7.16. The largest absolute Gasteiger partial charge is 0.468 e. The van der Waals surface area contributed by atoms with Gasteiger partial charge in [-0.3, -0.25) is 9.59 Å². The quantitative estimate of drug-likeness (QED) is 0.736. The fraction of sp³-hybridized carbons (Fsp3) is 0.571. The molecule has 1 aromatic heterocycles. The van der Waals surface area contributed by atoms with Crippen LogP contribution in [0.1, 0.15) is 38.5 Å². The van der Waals surface area contributed by atoms with Gasteiger partial charge in [-0.1, -0.05) is 11.3 Å². The third kappa shape index (κ3) is 2.91. The first kappa shape index (κ1) is 18.0. The number of ether oxygens (including phenoxy) is 1. The standard InChI is InChI=1S/C21H23FN2O3S/c1-27-18(25)11-24-16-3-2-15(22)7-17(16)28-20(24)23-19(26)21-8-12-4-13(9-21)6-14(5-12)10-21/h2-3,7,12-14H,4-6,8-11H2,1H3. The molecule has 7 heteroatoms. The number of methoxy groups -OCH3 is 1. The van der Waals surface area contributed by atoms with Crippen molar-refractivity contribution in [1.82, 2.24) is 4.57 Å². The summed E-state index contributed by atoms with van der Waals surface area (Å²) in [4.78, 5) is 30.2. The summed E-state index contributed by atoms with van der Waals surface area (Å²) in [7, 11) is 1.33. The number of carbonyl (C=O) groups is 2. The number of thiazole rings is 1. The molecule has 4 aliphatic rings. The second-order valence-electron chi connectivity index (χ2n) is 8.77. The molecule has 4 fully saturated rings. The molecule has 4 saturated carbocycles. The van der Waals surface area contributed by atoms with Crippen molar-refractivity contribution < 1.29 is 18.7 Å². The van der Waals surface area contributed by atoms with Gasteiger partial charge in [-0.15, -0.1) is 0 Å². The maximum atomic E-state index is 13.7. The molecule has 4 aliphatic carbocycles. The number of aromatic nitrogens is 1. The van der Waals surface area contributed by atoms with E-state index in [1.54, 1.807) is 10.6 Å². The minimum Gasteiger partial charge on any atom is -0.468 e. The summed E-state index contributed by atoms with van der Waals surface area (Å²) in [5, 5.41) is 0. The minimum atomic E-state index is -0.423. The van der Waals surface area contributed by atoms with Crippen molar-refractivity contribution in [3.63, 3.8) is 0 Å². The number of nitrogens with zero attached hydrogens (tertiary/aromatic N) is 2. The minimum absolute atomic E-state index is 0.0465. The lowest BCUT2D eigenvalue weighted by atomic mass is 9.49. The summed E-state index contributed by atoms with van der Waals surface area (Å²) in [6.07, 6.45) is 6.61. The summed E-state index contributed by atoms with van der Waals surface area (Å²) in [5.41, 5.74) is 0.355. The van der Waals surface area contributed by atoms with Gasteiger partial charge < -0.3 is 9.30 Å². The molecule has 0 radical (unpaired) electrons. The second-order valence-corrected chi connectivity index (χ2v) is 9.78. The molecular formula is C21H23FN2O3S. The monoisotopic (exact) mass is 402 g/mol. The summed E-state index contributed by atoms with van der Waals surface area (Å²) in [5.74, 6) is 1.14. The number of halogens is 1. The molecule has 0 N–H and O–H groups in total. The van der Waals surface area contributed by atoms with Crippen LogP contribution in [-0.2, 0) is 20.9 Å². The van der Waals surface area contributed by atoms with E-state index in [2.05, 4.69) is 4.99 Å². The van der Waals surface area contributed by atoms with Crippen molar-refractivity contribution in [3.05, 3.63) is 28.8 Å². The van der Waals surface area contributed by atoms with Crippen LogP contribution in [0.25, 0.3) is 10.2 Å². The Balaban J connectivity index is 1.58. The molecule has 0 unspecified atom stereocenters. The molecule has 1 heterocycles. The zero-order valence-electron chi connectivity index (χ0n) is 15.8. The van der Waals surface area contributed by atoms with Crippen molar-refractivity contribution in [2.24, 2.45) is 28.2 Å². The van der Waals surface area contributed by atoms with Crippen LogP contribution in [0.15, 0.2) is 23.2 Å². The van der Waals surface area contributed by atoms with Gasteiger partial charge in [0.2, 0.25) is 0 Å². The highest BCUT2D eigenvalue weighted by atomic mass is 32.1. The number of carbonyl (C=O) groups excluding carboxylic acids is 2. The Bertz CT molecular complexity index is 1000. The second kappa shape index (κ2) is 6.51. The van der Waals surface area contributed by atoms with E-state index in [1.165, 1.54) is 49.8 Å². The highest BCUT2D eigenvalue weighted by Gasteiger charge is 2.54. The van der Waals surface area contributed by atoms with E-state index < -0.39 is 5.97 Å². The van der Waals surface area contributed by atoms with Gasteiger partial charge in [0.15, 0.2) is 4.80 Å². The average Bonchev–Trinajstić information content (AvgIpc) is 2.96. The van der Waals surface area contributed by atoms with Crippen LogP contribution in [0.4, 0.5) is 4.39 Å².